The third-order valence-electron chi connectivity index (χ3n) is 6.25. The number of aromatic amines is 1. The Balaban J connectivity index is 1.32. The molecule has 3 aromatic rings. The SMILES string of the molecule is CC1CN(C(=O)N2CC=C(c3cc4c(Nc5ccc(F)c(Cl)c5)ccnc4[nH]3)CC2)CC(C)O1. The van der Waals surface area contributed by atoms with Crippen molar-refractivity contribution in [1.82, 2.24) is 19.8 Å². The molecule has 2 N–H and O–H groups in total. The predicted octanol–water partition coefficient (Wildman–Crippen LogP) is 5.42. The zero-order chi connectivity index (χ0) is 23.8. The quantitative estimate of drug-likeness (QED) is 0.522. The van der Waals surface area contributed by atoms with Crippen molar-refractivity contribution in [2.75, 3.05) is 31.5 Å². The maximum Gasteiger partial charge on any atom is 0.320 e. The van der Waals surface area contributed by atoms with E-state index >= 15 is 0 Å². The molecule has 2 aromatic heterocycles. The third-order valence-corrected chi connectivity index (χ3v) is 6.54. The molecular formula is C25H27ClFN5O2. The first kappa shape index (κ1) is 22.7. The molecule has 2 unspecified atom stereocenters. The number of ether oxygens (including phenoxy) is 1. The lowest BCUT2D eigenvalue weighted by atomic mass is 10.0. The molecule has 0 radical (unpaired) electrons. The first-order valence-corrected chi connectivity index (χ1v) is 11.8. The molecule has 0 spiro atoms. The van der Waals surface area contributed by atoms with E-state index in [0.717, 1.165) is 34.4 Å². The fourth-order valence-corrected chi connectivity index (χ4v) is 4.84. The number of hydrogen-bond acceptors (Lipinski definition) is 4. The average molecular weight is 484 g/mol. The van der Waals surface area contributed by atoms with E-state index < -0.39 is 5.82 Å². The lowest BCUT2D eigenvalue weighted by molar-refractivity contribution is -0.0579. The third kappa shape index (κ3) is 4.60. The van der Waals surface area contributed by atoms with Crippen LogP contribution in [0.2, 0.25) is 5.02 Å². The summed E-state index contributed by atoms with van der Waals surface area (Å²) in [5, 5.41) is 4.29. The number of urea groups is 1. The summed E-state index contributed by atoms with van der Waals surface area (Å²) in [4.78, 5) is 24.6. The Morgan fingerprint density at radius 2 is 2.00 bits per heavy atom. The van der Waals surface area contributed by atoms with Crippen molar-refractivity contribution in [2.24, 2.45) is 0 Å². The summed E-state index contributed by atoms with van der Waals surface area (Å²) in [6.45, 7) is 6.48. The first-order chi connectivity index (χ1) is 16.4. The van der Waals surface area contributed by atoms with Crippen molar-refractivity contribution in [2.45, 2.75) is 32.5 Å². The van der Waals surface area contributed by atoms with Crippen LogP contribution in [0.25, 0.3) is 16.6 Å². The number of morpholine rings is 1. The van der Waals surface area contributed by atoms with E-state index in [0.29, 0.717) is 31.9 Å². The lowest BCUT2D eigenvalue weighted by Crippen LogP contribution is -2.53. The van der Waals surface area contributed by atoms with Crippen molar-refractivity contribution < 1.29 is 13.9 Å². The molecule has 4 heterocycles. The highest BCUT2D eigenvalue weighted by Gasteiger charge is 2.30. The first-order valence-electron chi connectivity index (χ1n) is 11.5. The summed E-state index contributed by atoms with van der Waals surface area (Å²) >= 11 is 5.92. The summed E-state index contributed by atoms with van der Waals surface area (Å²) in [5.41, 5.74) is 4.43. The second kappa shape index (κ2) is 9.27. The van der Waals surface area contributed by atoms with Crippen LogP contribution in [0.15, 0.2) is 42.6 Å². The van der Waals surface area contributed by atoms with Gasteiger partial charge in [-0.3, -0.25) is 0 Å². The second-order valence-corrected chi connectivity index (χ2v) is 9.34. The van der Waals surface area contributed by atoms with Gasteiger partial charge in [-0.1, -0.05) is 17.7 Å². The van der Waals surface area contributed by atoms with Crippen molar-refractivity contribution in [1.29, 1.82) is 0 Å². The van der Waals surface area contributed by atoms with E-state index in [1.807, 2.05) is 29.7 Å². The van der Waals surface area contributed by atoms with E-state index in [-0.39, 0.29) is 23.3 Å². The van der Waals surface area contributed by atoms with Crippen LogP contribution in [0.5, 0.6) is 0 Å². The molecule has 0 saturated carbocycles. The number of hydrogen-bond donors (Lipinski definition) is 2. The predicted molar refractivity (Wildman–Crippen MR) is 132 cm³/mol. The zero-order valence-electron chi connectivity index (χ0n) is 19.1. The van der Waals surface area contributed by atoms with Crippen LogP contribution in [0.1, 0.15) is 26.0 Å². The van der Waals surface area contributed by atoms with Crippen LogP contribution >= 0.6 is 11.6 Å². The van der Waals surface area contributed by atoms with Gasteiger partial charge >= 0.3 is 6.03 Å². The van der Waals surface area contributed by atoms with Crippen molar-refractivity contribution >= 4 is 45.6 Å². The number of nitrogens with zero attached hydrogens (tertiary/aromatic N) is 3. The largest absolute Gasteiger partial charge is 0.372 e. The minimum absolute atomic E-state index is 0.0520. The number of halogens is 2. The van der Waals surface area contributed by atoms with Gasteiger partial charge in [-0.2, -0.15) is 0 Å². The second-order valence-electron chi connectivity index (χ2n) is 8.93. The van der Waals surface area contributed by atoms with Crippen molar-refractivity contribution in [3.8, 4) is 0 Å². The number of nitrogens with one attached hydrogen (secondary N) is 2. The van der Waals surface area contributed by atoms with Gasteiger partial charge in [0.25, 0.3) is 0 Å². The highest BCUT2D eigenvalue weighted by atomic mass is 35.5. The van der Waals surface area contributed by atoms with Gasteiger partial charge in [0.05, 0.1) is 22.9 Å². The van der Waals surface area contributed by atoms with Crippen LogP contribution < -0.4 is 5.32 Å². The number of aromatic nitrogens is 2. The molecule has 2 amide bonds. The highest BCUT2D eigenvalue weighted by Crippen LogP contribution is 2.31. The van der Waals surface area contributed by atoms with Gasteiger partial charge < -0.3 is 24.8 Å². The summed E-state index contributed by atoms with van der Waals surface area (Å²) in [6, 6.07) is 8.54. The Hall–Kier alpha value is -3.10. The molecule has 5 rings (SSSR count). The molecule has 1 aromatic carbocycles. The Bertz CT molecular complexity index is 1250. The van der Waals surface area contributed by atoms with E-state index in [1.54, 1.807) is 18.3 Å². The fourth-order valence-electron chi connectivity index (χ4n) is 4.66. The van der Waals surface area contributed by atoms with E-state index in [1.165, 1.54) is 6.07 Å². The van der Waals surface area contributed by atoms with Gasteiger partial charge in [0, 0.05) is 49.1 Å². The van der Waals surface area contributed by atoms with Gasteiger partial charge in [0.2, 0.25) is 0 Å². The molecular weight excluding hydrogens is 457 g/mol. The summed E-state index contributed by atoms with van der Waals surface area (Å²) < 4.78 is 19.3. The minimum Gasteiger partial charge on any atom is -0.372 e. The van der Waals surface area contributed by atoms with Gasteiger partial charge in [-0.15, -0.1) is 0 Å². The molecule has 1 saturated heterocycles. The lowest BCUT2D eigenvalue weighted by Gasteiger charge is -2.39. The number of anilines is 2. The fraction of sp³-hybridized carbons (Fsp3) is 0.360. The molecule has 9 heteroatoms. The Labute approximate surface area is 202 Å². The number of amides is 2. The van der Waals surface area contributed by atoms with Crippen LogP contribution in [-0.2, 0) is 4.74 Å². The zero-order valence-corrected chi connectivity index (χ0v) is 19.9. The van der Waals surface area contributed by atoms with Crippen molar-refractivity contribution in [3.05, 3.63) is 59.1 Å². The van der Waals surface area contributed by atoms with Gasteiger partial charge in [-0.05, 0) is 56.2 Å². The van der Waals surface area contributed by atoms with E-state index in [9.17, 15) is 9.18 Å². The van der Waals surface area contributed by atoms with Crippen LogP contribution in [0.4, 0.5) is 20.6 Å². The van der Waals surface area contributed by atoms with Crippen LogP contribution in [-0.4, -0.2) is 64.2 Å². The number of benzene rings is 1. The number of pyridine rings is 1. The summed E-state index contributed by atoms with van der Waals surface area (Å²) in [7, 11) is 0. The van der Waals surface area contributed by atoms with Gasteiger partial charge in [0.15, 0.2) is 0 Å². The van der Waals surface area contributed by atoms with Gasteiger partial charge in [0.1, 0.15) is 11.5 Å². The molecule has 2 aliphatic rings. The molecule has 34 heavy (non-hydrogen) atoms. The topological polar surface area (TPSA) is 73.5 Å². The molecule has 7 nitrogen and oxygen atoms in total. The smallest absolute Gasteiger partial charge is 0.320 e. The maximum absolute atomic E-state index is 13.5. The molecule has 2 aliphatic heterocycles. The van der Waals surface area contributed by atoms with Crippen LogP contribution in [0, 0.1) is 5.82 Å². The van der Waals surface area contributed by atoms with E-state index in [2.05, 4.69) is 27.4 Å². The summed E-state index contributed by atoms with van der Waals surface area (Å²) in [5.74, 6) is -0.453. The Morgan fingerprint density at radius 3 is 2.71 bits per heavy atom. The van der Waals surface area contributed by atoms with E-state index in [4.69, 9.17) is 16.3 Å². The molecule has 1 fully saturated rings. The standard InChI is InChI=1S/C25H27ClFN5O2/c1-15-13-32(14-16(2)34-15)25(33)31-9-6-17(7-10-31)23-12-19-22(5-8-28-24(19)30-23)29-18-3-4-21(27)20(26)11-18/h3-6,8,11-12,15-16H,7,9-10,13-14H2,1-2H3,(H2,28,29,30). The van der Waals surface area contributed by atoms with Crippen molar-refractivity contribution in [3.63, 3.8) is 0 Å². The average Bonchev–Trinajstić information content (AvgIpc) is 3.26. The Kier molecular flexibility index (Phi) is 6.18. The Morgan fingerprint density at radius 1 is 1.21 bits per heavy atom. The number of fused-ring (bicyclic) bond motifs is 1. The molecule has 178 valence electrons. The van der Waals surface area contributed by atoms with Gasteiger partial charge in [-0.25, -0.2) is 14.2 Å². The number of rotatable bonds is 3. The molecule has 0 bridgehead atoms. The summed E-state index contributed by atoms with van der Waals surface area (Å²) in [6.07, 6.45) is 4.68. The normalized spacial score (nSPS) is 21.0. The highest BCUT2D eigenvalue weighted by molar-refractivity contribution is 6.31. The minimum atomic E-state index is -0.453. The molecule has 0 aliphatic carbocycles. The number of carbonyl (C=O) groups excluding carboxylic acids is 1. The number of H-pyrrole nitrogens is 1. The molecule has 2 atom stereocenters. The van der Waals surface area contributed by atoms with Crippen LogP contribution in [0.3, 0.4) is 0 Å². The maximum atomic E-state index is 13.5. The number of carbonyl (C=O) groups is 1. The monoisotopic (exact) mass is 483 g/mol.